The molecule has 1 aliphatic carbocycles. The summed E-state index contributed by atoms with van der Waals surface area (Å²) in [5.41, 5.74) is -0.0428. The number of likely N-dealkylation sites (N-methyl/N-ethyl adjacent to an activating group) is 1. The molecule has 0 radical (unpaired) electrons. The summed E-state index contributed by atoms with van der Waals surface area (Å²) in [6, 6.07) is 12.3. The van der Waals surface area contributed by atoms with Gasteiger partial charge >= 0.3 is 0 Å². The van der Waals surface area contributed by atoms with Crippen molar-refractivity contribution >= 4 is 23.3 Å². The van der Waals surface area contributed by atoms with E-state index in [0.29, 0.717) is 40.5 Å². The maximum atomic E-state index is 13.5. The van der Waals surface area contributed by atoms with Gasteiger partial charge in [-0.1, -0.05) is 29.8 Å². The van der Waals surface area contributed by atoms with Crippen molar-refractivity contribution in [1.29, 1.82) is 0 Å². The summed E-state index contributed by atoms with van der Waals surface area (Å²) in [6.45, 7) is 0. The molecular weight excluding hydrogens is 378 g/mol. The second kappa shape index (κ2) is 8.23. The number of methoxy groups -OCH3 is 2. The molecule has 0 aromatic heterocycles. The molecule has 0 aliphatic heterocycles. The number of ether oxygens (including phenoxy) is 2. The van der Waals surface area contributed by atoms with E-state index in [2.05, 4.69) is 0 Å². The highest BCUT2D eigenvalue weighted by Crippen LogP contribution is 2.43. The van der Waals surface area contributed by atoms with E-state index < -0.39 is 5.54 Å². The molecule has 3 rings (SSSR count). The smallest absolute Gasteiger partial charge is 0.258 e. The minimum absolute atomic E-state index is 0.00942. The van der Waals surface area contributed by atoms with Gasteiger partial charge in [0, 0.05) is 30.1 Å². The lowest BCUT2D eigenvalue weighted by molar-refractivity contribution is -0.132. The van der Waals surface area contributed by atoms with E-state index in [1.807, 2.05) is 18.2 Å². The number of halogens is 1. The number of rotatable bonds is 5. The van der Waals surface area contributed by atoms with Crippen molar-refractivity contribution in [3.63, 3.8) is 0 Å². The van der Waals surface area contributed by atoms with Crippen molar-refractivity contribution < 1.29 is 19.1 Å². The number of carbonyl (C=O) groups excluding carboxylic acids is 2. The third-order valence-electron chi connectivity index (χ3n) is 5.49. The standard InChI is InChI=1S/C22H24ClNO4/c1-24(21(26)16-12-11-15(27-2)14-19(16)28-3)22(13-7-6-10-20(22)25)17-8-4-5-9-18(17)23/h4-5,8-9,11-12,14H,6-7,10,13H2,1-3H3/t22-/m1/s1. The largest absolute Gasteiger partial charge is 0.497 e. The summed E-state index contributed by atoms with van der Waals surface area (Å²) < 4.78 is 10.6. The summed E-state index contributed by atoms with van der Waals surface area (Å²) >= 11 is 6.47. The molecule has 1 fully saturated rings. The van der Waals surface area contributed by atoms with E-state index in [1.165, 1.54) is 12.0 Å². The third-order valence-corrected chi connectivity index (χ3v) is 5.82. The van der Waals surface area contributed by atoms with E-state index in [1.54, 1.807) is 38.4 Å². The molecule has 1 atom stereocenters. The number of amides is 1. The molecular formula is C22H24ClNO4. The lowest BCUT2D eigenvalue weighted by atomic mass is 9.74. The van der Waals surface area contributed by atoms with E-state index in [9.17, 15) is 9.59 Å². The summed E-state index contributed by atoms with van der Waals surface area (Å²) in [4.78, 5) is 28.2. The zero-order valence-electron chi connectivity index (χ0n) is 16.3. The molecule has 0 N–H and O–H groups in total. The molecule has 5 nitrogen and oxygen atoms in total. The molecule has 1 amide bonds. The fourth-order valence-corrected chi connectivity index (χ4v) is 4.25. The van der Waals surface area contributed by atoms with Gasteiger partial charge in [0.05, 0.1) is 19.8 Å². The van der Waals surface area contributed by atoms with Gasteiger partial charge in [0.25, 0.3) is 5.91 Å². The zero-order valence-corrected chi connectivity index (χ0v) is 17.1. The van der Waals surface area contributed by atoms with Crippen molar-refractivity contribution in [3.8, 4) is 11.5 Å². The second-order valence-electron chi connectivity index (χ2n) is 6.90. The Labute approximate surface area is 170 Å². The second-order valence-corrected chi connectivity index (χ2v) is 7.31. The summed E-state index contributed by atoms with van der Waals surface area (Å²) in [5, 5.41) is 0.485. The predicted molar refractivity (Wildman–Crippen MR) is 108 cm³/mol. The van der Waals surface area contributed by atoms with Gasteiger partial charge in [0.15, 0.2) is 5.78 Å². The highest BCUT2D eigenvalue weighted by molar-refractivity contribution is 6.31. The van der Waals surface area contributed by atoms with Crippen LogP contribution < -0.4 is 9.47 Å². The number of ketones is 1. The van der Waals surface area contributed by atoms with Crippen molar-refractivity contribution in [2.24, 2.45) is 0 Å². The van der Waals surface area contributed by atoms with Crippen molar-refractivity contribution in [1.82, 2.24) is 4.90 Å². The van der Waals surface area contributed by atoms with Gasteiger partial charge in [-0.05, 0) is 37.5 Å². The highest BCUT2D eigenvalue weighted by Gasteiger charge is 2.48. The van der Waals surface area contributed by atoms with Gasteiger partial charge in [-0.2, -0.15) is 0 Å². The molecule has 148 valence electrons. The first kappa shape index (κ1) is 20.2. The number of hydrogen-bond acceptors (Lipinski definition) is 4. The van der Waals surface area contributed by atoms with Crippen LogP contribution in [0, 0.1) is 0 Å². The molecule has 0 spiro atoms. The highest BCUT2D eigenvalue weighted by atomic mass is 35.5. The average molecular weight is 402 g/mol. The molecule has 6 heteroatoms. The Hall–Kier alpha value is -2.53. The molecule has 28 heavy (non-hydrogen) atoms. The minimum Gasteiger partial charge on any atom is -0.497 e. The Morgan fingerprint density at radius 1 is 1.11 bits per heavy atom. The molecule has 0 unspecified atom stereocenters. The van der Waals surface area contributed by atoms with Crippen LogP contribution in [-0.4, -0.2) is 37.9 Å². The van der Waals surface area contributed by atoms with Gasteiger partial charge in [0.1, 0.15) is 17.0 Å². The molecule has 1 saturated carbocycles. The van der Waals surface area contributed by atoms with Crippen LogP contribution in [0.15, 0.2) is 42.5 Å². The number of nitrogens with zero attached hydrogens (tertiary/aromatic N) is 1. The Bertz CT molecular complexity index is 898. The fraction of sp³-hybridized carbons (Fsp3) is 0.364. The maximum Gasteiger partial charge on any atom is 0.258 e. The van der Waals surface area contributed by atoms with Crippen LogP contribution in [0.3, 0.4) is 0 Å². The number of benzene rings is 2. The van der Waals surface area contributed by atoms with Gasteiger partial charge in [0.2, 0.25) is 0 Å². The Morgan fingerprint density at radius 3 is 2.50 bits per heavy atom. The molecule has 0 saturated heterocycles. The van der Waals surface area contributed by atoms with Crippen LogP contribution in [0.25, 0.3) is 0 Å². The molecule has 1 aliphatic rings. The molecule has 2 aromatic carbocycles. The van der Waals surface area contributed by atoms with Crippen LogP contribution in [-0.2, 0) is 10.3 Å². The van der Waals surface area contributed by atoms with Crippen LogP contribution in [0.4, 0.5) is 0 Å². The normalized spacial score (nSPS) is 19.2. The number of Topliss-reactive ketones (excluding diaryl/α,β-unsaturated/α-hetero) is 1. The summed E-state index contributed by atoms with van der Waals surface area (Å²) in [7, 11) is 4.72. The summed E-state index contributed by atoms with van der Waals surface area (Å²) in [5.74, 6) is 0.698. The number of hydrogen-bond donors (Lipinski definition) is 0. The fourth-order valence-electron chi connectivity index (χ4n) is 3.96. The molecule has 2 aromatic rings. The first-order valence-electron chi connectivity index (χ1n) is 9.24. The third kappa shape index (κ3) is 3.35. The van der Waals surface area contributed by atoms with E-state index in [0.717, 1.165) is 12.8 Å². The van der Waals surface area contributed by atoms with E-state index in [4.69, 9.17) is 21.1 Å². The summed E-state index contributed by atoms with van der Waals surface area (Å²) in [6.07, 6.45) is 2.62. The van der Waals surface area contributed by atoms with Crippen molar-refractivity contribution in [2.45, 2.75) is 31.2 Å². The van der Waals surface area contributed by atoms with Crippen LogP contribution >= 0.6 is 11.6 Å². The Morgan fingerprint density at radius 2 is 1.86 bits per heavy atom. The number of carbonyl (C=O) groups is 2. The SMILES string of the molecule is COc1ccc(C(=O)N(C)[C@@]2(c3ccccc3Cl)CCCCC2=O)c(OC)c1. The lowest BCUT2D eigenvalue weighted by Gasteiger charge is -2.44. The van der Waals surface area contributed by atoms with Crippen molar-refractivity contribution in [3.05, 3.63) is 58.6 Å². The van der Waals surface area contributed by atoms with Crippen molar-refractivity contribution in [2.75, 3.05) is 21.3 Å². The van der Waals surface area contributed by atoms with E-state index in [-0.39, 0.29) is 11.7 Å². The van der Waals surface area contributed by atoms with Gasteiger partial charge in [-0.15, -0.1) is 0 Å². The van der Waals surface area contributed by atoms with Crippen LogP contribution in [0.1, 0.15) is 41.6 Å². The maximum absolute atomic E-state index is 13.5. The Balaban J connectivity index is 2.10. The van der Waals surface area contributed by atoms with Gasteiger partial charge < -0.3 is 14.4 Å². The first-order chi connectivity index (χ1) is 13.5. The lowest BCUT2D eigenvalue weighted by Crippen LogP contribution is -2.54. The molecule has 0 bridgehead atoms. The minimum atomic E-state index is -1.08. The first-order valence-corrected chi connectivity index (χ1v) is 9.62. The topological polar surface area (TPSA) is 55.8 Å². The van der Waals surface area contributed by atoms with Gasteiger partial charge in [-0.25, -0.2) is 0 Å². The van der Waals surface area contributed by atoms with Crippen LogP contribution in [0.5, 0.6) is 11.5 Å². The monoisotopic (exact) mass is 401 g/mol. The van der Waals surface area contributed by atoms with E-state index >= 15 is 0 Å². The van der Waals surface area contributed by atoms with Gasteiger partial charge in [-0.3, -0.25) is 9.59 Å². The zero-order chi connectivity index (χ0) is 20.3. The average Bonchev–Trinajstić information content (AvgIpc) is 2.73. The molecule has 0 heterocycles. The quantitative estimate of drug-likeness (QED) is 0.741. The predicted octanol–water partition coefficient (Wildman–Crippen LogP) is 4.47. The Kier molecular flexibility index (Phi) is 5.94. The van der Waals surface area contributed by atoms with Crippen LogP contribution in [0.2, 0.25) is 5.02 Å².